The number of ether oxygens (including phenoxy) is 1. The van der Waals surface area contributed by atoms with Crippen LogP contribution in [-0.2, 0) is 10.9 Å². The first kappa shape index (κ1) is 18.0. The van der Waals surface area contributed by atoms with E-state index in [1.165, 1.54) is 12.1 Å². The summed E-state index contributed by atoms with van der Waals surface area (Å²) in [5.41, 5.74) is 0.00614. The van der Waals surface area contributed by atoms with Crippen molar-refractivity contribution in [1.82, 2.24) is 5.32 Å². The summed E-state index contributed by atoms with van der Waals surface area (Å²) in [7, 11) is 0. The van der Waals surface area contributed by atoms with Crippen molar-refractivity contribution < 1.29 is 17.9 Å². The number of hydrogen-bond donors (Lipinski definition) is 1. The highest BCUT2D eigenvalue weighted by molar-refractivity contribution is 5.28. The summed E-state index contributed by atoms with van der Waals surface area (Å²) in [6.07, 6.45) is -1.39. The summed E-state index contributed by atoms with van der Waals surface area (Å²) >= 11 is 0. The largest absolute Gasteiger partial charge is 0.416 e. The highest BCUT2D eigenvalue weighted by atomic mass is 19.4. The van der Waals surface area contributed by atoms with E-state index in [1.807, 2.05) is 6.92 Å². The molecule has 1 aromatic carbocycles. The van der Waals surface area contributed by atoms with E-state index in [-0.39, 0.29) is 6.04 Å². The minimum absolute atomic E-state index is 0.205. The number of rotatable bonds is 9. The zero-order valence-electron chi connectivity index (χ0n) is 12.7. The molecule has 0 heterocycles. The van der Waals surface area contributed by atoms with E-state index >= 15 is 0 Å². The van der Waals surface area contributed by atoms with Gasteiger partial charge in [0.2, 0.25) is 0 Å². The Hall–Kier alpha value is -1.07. The van der Waals surface area contributed by atoms with Crippen molar-refractivity contribution in [3.63, 3.8) is 0 Å². The maximum atomic E-state index is 12.8. The van der Waals surface area contributed by atoms with Crippen LogP contribution >= 0.6 is 0 Å². The molecule has 120 valence electrons. The zero-order chi connectivity index (χ0) is 15.7. The number of nitrogens with one attached hydrogen (secondary N) is 1. The second-order valence-electron chi connectivity index (χ2n) is 5.06. The first-order valence-electron chi connectivity index (χ1n) is 7.47. The molecule has 0 aliphatic rings. The van der Waals surface area contributed by atoms with E-state index in [0.29, 0.717) is 18.8 Å². The molecule has 1 atom stereocenters. The zero-order valence-corrected chi connectivity index (χ0v) is 12.7. The standard InChI is InChI=1S/C16H24F3NO/c1-3-5-10-21-12-15(20-9-4-2)13-7-6-8-14(11-13)16(17,18)19/h6-8,11,15,20H,3-5,9-10,12H2,1-2H3. The molecule has 2 nitrogen and oxygen atoms in total. The number of unbranched alkanes of at least 4 members (excludes halogenated alkanes) is 1. The van der Waals surface area contributed by atoms with Crippen LogP contribution in [0.15, 0.2) is 24.3 Å². The monoisotopic (exact) mass is 303 g/mol. The van der Waals surface area contributed by atoms with Crippen molar-refractivity contribution in [2.75, 3.05) is 19.8 Å². The molecule has 0 spiro atoms. The molecule has 0 aromatic heterocycles. The van der Waals surface area contributed by atoms with Crippen LogP contribution in [0.2, 0.25) is 0 Å². The molecule has 0 aliphatic carbocycles. The lowest BCUT2D eigenvalue weighted by atomic mass is 10.0. The highest BCUT2D eigenvalue weighted by Crippen LogP contribution is 2.30. The third kappa shape index (κ3) is 6.48. The maximum absolute atomic E-state index is 12.8. The Bertz CT molecular complexity index is 407. The van der Waals surface area contributed by atoms with E-state index in [2.05, 4.69) is 12.2 Å². The van der Waals surface area contributed by atoms with Crippen LogP contribution in [0.1, 0.15) is 50.3 Å². The van der Waals surface area contributed by atoms with Gasteiger partial charge < -0.3 is 10.1 Å². The van der Waals surface area contributed by atoms with Gasteiger partial charge >= 0.3 is 6.18 Å². The van der Waals surface area contributed by atoms with E-state index in [0.717, 1.165) is 31.9 Å². The Balaban J connectivity index is 2.76. The molecule has 1 unspecified atom stereocenters. The predicted molar refractivity (Wildman–Crippen MR) is 78.2 cm³/mol. The van der Waals surface area contributed by atoms with Gasteiger partial charge in [0.05, 0.1) is 18.2 Å². The summed E-state index contributed by atoms with van der Waals surface area (Å²) in [5, 5.41) is 3.25. The predicted octanol–water partition coefficient (Wildman–Crippen LogP) is 4.56. The van der Waals surface area contributed by atoms with Gasteiger partial charge in [-0.25, -0.2) is 0 Å². The van der Waals surface area contributed by atoms with Gasteiger partial charge in [-0.1, -0.05) is 32.4 Å². The Kier molecular flexibility index (Phi) is 7.75. The van der Waals surface area contributed by atoms with Gasteiger partial charge in [0.25, 0.3) is 0 Å². The average Bonchev–Trinajstić information content (AvgIpc) is 2.46. The summed E-state index contributed by atoms with van der Waals surface area (Å²) in [4.78, 5) is 0. The Labute approximate surface area is 124 Å². The van der Waals surface area contributed by atoms with Crippen molar-refractivity contribution in [1.29, 1.82) is 0 Å². The van der Waals surface area contributed by atoms with Crippen molar-refractivity contribution in [3.05, 3.63) is 35.4 Å². The molecule has 0 amide bonds. The van der Waals surface area contributed by atoms with Crippen LogP contribution in [0, 0.1) is 0 Å². The van der Waals surface area contributed by atoms with E-state index in [4.69, 9.17) is 4.74 Å². The van der Waals surface area contributed by atoms with Crippen molar-refractivity contribution in [2.45, 2.75) is 45.3 Å². The normalized spacial score (nSPS) is 13.4. The van der Waals surface area contributed by atoms with E-state index < -0.39 is 11.7 Å². The topological polar surface area (TPSA) is 21.3 Å². The van der Waals surface area contributed by atoms with Crippen molar-refractivity contribution in [3.8, 4) is 0 Å². The molecule has 0 bridgehead atoms. The van der Waals surface area contributed by atoms with E-state index in [1.54, 1.807) is 6.07 Å². The molecule has 1 rings (SSSR count). The van der Waals surface area contributed by atoms with Crippen LogP contribution < -0.4 is 5.32 Å². The lowest BCUT2D eigenvalue weighted by molar-refractivity contribution is -0.137. The summed E-state index contributed by atoms with van der Waals surface area (Å²) in [6, 6.07) is 5.26. The minimum Gasteiger partial charge on any atom is -0.379 e. The first-order valence-corrected chi connectivity index (χ1v) is 7.47. The number of halogens is 3. The number of alkyl halides is 3. The Morgan fingerprint density at radius 3 is 2.57 bits per heavy atom. The van der Waals surface area contributed by atoms with Crippen LogP contribution in [0.25, 0.3) is 0 Å². The molecule has 1 N–H and O–H groups in total. The fourth-order valence-electron chi connectivity index (χ4n) is 1.97. The van der Waals surface area contributed by atoms with Gasteiger partial charge in [0.1, 0.15) is 0 Å². The molecule has 21 heavy (non-hydrogen) atoms. The fraction of sp³-hybridized carbons (Fsp3) is 0.625. The Morgan fingerprint density at radius 2 is 1.95 bits per heavy atom. The molecule has 0 radical (unpaired) electrons. The van der Waals surface area contributed by atoms with Crippen LogP contribution in [0.5, 0.6) is 0 Å². The lowest BCUT2D eigenvalue weighted by Gasteiger charge is -2.20. The van der Waals surface area contributed by atoms with Gasteiger partial charge in [0.15, 0.2) is 0 Å². The SMILES string of the molecule is CCCCOCC(NCCC)c1cccc(C(F)(F)F)c1. The second-order valence-corrected chi connectivity index (χ2v) is 5.06. The molecule has 0 fully saturated rings. The molecule has 5 heteroatoms. The third-order valence-corrected chi connectivity index (χ3v) is 3.18. The second kappa shape index (κ2) is 9.05. The molecule has 0 aliphatic heterocycles. The van der Waals surface area contributed by atoms with Crippen molar-refractivity contribution >= 4 is 0 Å². The van der Waals surface area contributed by atoms with E-state index in [9.17, 15) is 13.2 Å². The number of hydrogen-bond acceptors (Lipinski definition) is 2. The first-order chi connectivity index (χ1) is 9.99. The summed E-state index contributed by atoms with van der Waals surface area (Å²) in [6.45, 7) is 5.87. The smallest absolute Gasteiger partial charge is 0.379 e. The molecular weight excluding hydrogens is 279 g/mol. The van der Waals surface area contributed by atoms with Gasteiger partial charge in [-0.05, 0) is 37.1 Å². The van der Waals surface area contributed by atoms with Crippen LogP contribution in [0.3, 0.4) is 0 Å². The lowest BCUT2D eigenvalue weighted by Crippen LogP contribution is -2.27. The van der Waals surface area contributed by atoms with Gasteiger partial charge in [-0.2, -0.15) is 13.2 Å². The quantitative estimate of drug-likeness (QED) is 0.675. The average molecular weight is 303 g/mol. The van der Waals surface area contributed by atoms with Crippen LogP contribution in [-0.4, -0.2) is 19.8 Å². The van der Waals surface area contributed by atoms with Gasteiger partial charge in [0, 0.05) is 6.61 Å². The fourth-order valence-corrected chi connectivity index (χ4v) is 1.97. The molecule has 0 saturated heterocycles. The summed E-state index contributed by atoms with van der Waals surface area (Å²) < 4.78 is 43.9. The minimum atomic E-state index is -4.31. The molecular formula is C16H24F3NO. The maximum Gasteiger partial charge on any atom is 0.416 e. The van der Waals surface area contributed by atoms with Gasteiger partial charge in [-0.3, -0.25) is 0 Å². The molecule has 0 saturated carbocycles. The van der Waals surface area contributed by atoms with Crippen LogP contribution in [0.4, 0.5) is 13.2 Å². The highest BCUT2D eigenvalue weighted by Gasteiger charge is 2.30. The third-order valence-electron chi connectivity index (χ3n) is 3.18. The molecule has 1 aromatic rings. The van der Waals surface area contributed by atoms with Gasteiger partial charge in [-0.15, -0.1) is 0 Å². The Morgan fingerprint density at radius 1 is 1.19 bits per heavy atom. The number of benzene rings is 1. The summed E-state index contributed by atoms with van der Waals surface area (Å²) in [5.74, 6) is 0. The van der Waals surface area contributed by atoms with Crippen molar-refractivity contribution in [2.24, 2.45) is 0 Å².